The molecule has 0 heterocycles. The second-order valence-corrected chi connectivity index (χ2v) is 5.05. The zero-order valence-corrected chi connectivity index (χ0v) is 12.3. The molecule has 1 heteroatoms. The third-order valence-electron chi connectivity index (χ3n) is 3.52. The Morgan fingerprint density at radius 1 is 1.20 bits per heavy atom. The fraction of sp³-hybridized carbons (Fsp3) is 0.316. The summed E-state index contributed by atoms with van der Waals surface area (Å²) in [6.45, 7) is 4.00. The van der Waals surface area contributed by atoms with Crippen molar-refractivity contribution < 1.29 is 4.79 Å². The zero-order valence-electron chi connectivity index (χ0n) is 12.3. The minimum Gasteiger partial charge on any atom is -0.294 e. The van der Waals surface area contributed by atoms with E-state index in [1.54, 1.807) is 6.08 Å². The molecule has 0 aliphatic heterocycles. The first-order chi connectivity index (χ1) is 9.81. The number of rotatable bonds is 4. The minimum absolute atomic E-state index is 0.175. The molecule has 2 unspecified atom stereocenters. The maximum atomic E-state index is 11.8. The molecule has 0 bridgehead atoms. The Bertz CT molecular complexity index is 534. The Kier molecular flexibility index (Phi) is 5.11. The predicted molar refractivity (Wildman–Crippen MR) is 85.3 cm³/mol. The van der Waals surface area contributed by atoms with Gasteiger partial charge in [0.15, 0.2) is 5.78 Å². The van der Waals surface area contributed by atoms with Crippen LogP contribution in [0.1, 0.15) is 32.3 Å². The molecule has 0 amide bonds. The molecule has 2 aliphatic rings. The SMILES string of the molecule is CC.O=C(/C=C/c1ccccc1)CC1=CC2CC2C=C1. The highest BCUT2D eigenvalue weighted by Crippen LogP contribution is 2.44. The summed E-state index contributed by atoms with van der Waals surface area (Å²) in [6.07, 6.45) is 12.0. The summed E-state index contributed by atoms with van der Waals surface area (Å²) >= 11 is 0. The molecule has 104 valence electrons. The maximum Gasteiger partial charge on any atom is 0.160 e. The van der Waals surface area contributed by atoms with Gasteiger partial charge in [0.2, 0.25) is 0 Å². The smallest absolute Gasteiger partial charge is 0.160 e. The fourth-order valence-corrected chi connectivity index (χ4v) is 2.36. The molecule has 1 aromatic carbocycles. The summed E-state index contributed by atoms with van der Waals surface area (Å²) in [5.74, 6) is 1.66. The lowest BCUT2D eigenvalue weighted by molar-refractivity contribution is -0.113. The number of allylic oxidation sites excluding steroid dienone is 5. The van der Waals surface area contributed by atoms with Crippen LogP contribution in [0.2, 0.25) is 0 Å². The minimum atomic E-state index is 0.175. The zero-order chi connectivity index (χ0) is 14.4. The first-order valence-electron chi connectivity index (χ1n) is 7.46. The van der Waals surface area contributed by atoms with Gasteiger partial charge in [0, 0.05) is 6.42 Å². The van der Waals surface area contributed by atoms with Crippen LogP contribution in [0.4, 0.5) is 0 Å². The van der Waals surface area contributed by atoms with Gasteiger partial charge in [-0.25, -0.2) is 0 Å². The highest BCUT2D eigenvalue weighted by atomic mass is 16.1. The fourth-order valence-electron chi connectivity index (χ4n) is 2.36. The topological polar surface area (TPSA) is 17.1 Å². The summed E-state index contributed by atoms with van der Waals surface area (Å²) in [5, 5.41) is 0. The summed E-state index contributed by atoms with van der Waals surface area (Å²) in [4.78, 5) is 11.8. The quantitative estimate of drug-likeness (QED) is 0.714. The number of fused-ring (bicyclic) bond motifs is 1. The first kappa shape index (κ1) is 14.5. The highest BCUT2D eigenvalue weighted by Gasteiger charge is 2.34. The Balaban J connectivity index is 0.000000704. The largest absolute Gasteiger partial charge is 0.294 e. The normalized spacial score (nSPS) is 22.6. The monoisotopic (exact) mass is 266 g/mol. The van der Waals surface area contributed by atoms with E-state index in [4.69, 9.17) is 0 Å². The summed E-state index contributed by atoms with van der Waals surface area (Å²) < 4.78 is 0. The molecule has 0 spiro atoms. The van der Waals surface area contributed by atoms with E-state index >= 15 is 0 Å². The highest BCUT2D eigenvalue weighted by molar-refractivity contribution is 5.95. The van der Waals surface area contributed by atoms with E-state index in [9.17, 15) is 4.79 Å². The summed E-state index contributed by atoms with van der Waals surface area (Å²) in [7, 11) is 0. The Labute approximate surface area is 121 Å². The van der Waals surface area contributed by atoms with Crippen molar-refractivity contribution in [3.63, 3.8) is 0 Å². The summed E-state index contributed by atoms with van der Waals surface area (Å²) in [5.41, 5.74) is 2.25. The lowest BCUT2D eigenvalue weighted by atomic mass is 10.0. The average molecular weight is 266 g/mol. The number of hydrogen-bond donors (Lipinski definition) is 0. The van der Waals surface area contributed by atoms with Crippen LogP contribution in [-0.2, 0) is 4.79 Å². The van der Waals surface area contributed by atoms with Crippen LogP contribution >= 0.6 is 0 Å². The van der Waals surface area contributed by atoms with Crippen molar-refractivity contribution in [2.45, 2.75) is 26.7 Å². The molecular formula is C19H22O. The third-order valence-corrected chi connectivity index (χ3v) is 3.52. The van der Waals surface area contributed by atoms with Crippen LogP contribution in [0.25, 0.3) is 6.08 Å². The van der Waals surface area contributed by atoms with E-state index in [0.29, 0.717) is 6.42 Å². The van der Waals surface area contributed by atoms with Gasteiger partial charge in [-0.05, 0) is 35.5 Å². The van der Waals surface area contributed by atoms with Gasteiger partial charge in [-0.2, -0.15) is 0 Å². The maximum absolute atomic E-state index is 11.8. The molecule has 1 fully saturated rings. The van der Waals surface area contributed by atoms with Crippen molar-refractivity contribution in [3.8, 4) is 0 Å². The van der Waals surface area contributed by atoms with Crippen molar-refractivity contribution in [1.82, 2.24) is 0 Å². The number of hydrogen-bond acceptors (Lipinski definition) is 1. The number of carbonyl (C=O) groups excluding carboxylic acids is 1. The number of carbonyl (C=O) groups is 1. The van der Waals surface area contributed by atoms with Crippen LogP contribution in [0.15, 0.2) is 60.2 Å². The van der Waals surface area contributed by atoms with Crippen molar-refractivity contribution >= 4 is 11.9 Å². The standard InChI is InChI=1S/C17H16O.C2H6/c18-17(9-7-13-4-2-1-3-5-13)11-14-6-8-15-12-16(15)10-14;1-2/h1-10,15-16H,11-12H2;1-2H3/b9-7+;. The van der Waals surface area contributed by atoms with Crippen molar-refractivity contribution in [2.24, 2.45) is 11.8 Å². The van der Waals surface area contributed by atoms with E-state index < -0.39 is 0 Å². The molecule has 0 N–H and O–H groups in total. The van der Waals surface area contributed by atoms with Gasteiger partial charge in [0.1, 0.15) is 0 Å². The van der Waals surface area contributed by atoms with Gasteiger partial charge in [-0.1, -0.05) is 68.5 Å². The number of benzene rings is 1. The van der Waals surface area contributed by atoms with Gasteiger partial charge >= 0.3 is 0 Å². The van der Waals surface area contributed by atoms with Gasteiger partial charge < -0.3 is 0 Å². The molecule has 0 saturated heterocycles. The Hall–Kier alpha value is -1.89. The molecule has 1 nitrogen and oxygen atoms in total. The van der Waals surface area contributed by atoms with Gasteiger partial charge in [-0.15, -0.1) is 0 Å². The van der Waals surface area contributed by atoms with Gasteiger partial charge in [-0.3, -0.25) is 4.79 Å². The lowest BCUT2D eigenvalue weighted by Gasteiger charge is -2.03. The molecule has 0 radical (unpaired) electrons. The van der Waals surface area contributed by atoms with Crippen LogP contribution < -0.4 is 0 Å². The second-order valence-electron chi connectivity index (χ2n) is 5.05. The van der Waals surface area contributed by atoms with Crippen LogP contribution in [0, 0.1) is 11.8 Å². The van der Waals surface area contributed by atoms with Crippen LogP contribution in [-0.4, -0.2) is 5.78 Å². The average Bonchev–Trinajstić information content (AvgIpc) is 3.27. The lowest BCUT2D eigenvalue weighted by Crippen LogP contribution is -1.96. The van der Waals surface area contributed by atoms with Gasteiger partial charge in [0.25, 0.3) is 0 Å². The Morgan fingerprint density at radius 3 is 2.65 bits per heavy atom. The molecule has 3 rings (SSSR count). The van der Waals surface area contributed by atoms with Crippen LogP contribution in [0.5, 0.6) is 0 Å². The molecule has 2 atom stereocenters. The first-order valence-corrected chi connectivity index (χ1v) is 7.46. The number of ketones is 1. The van der Waals surface area contributed by atoms with Crippen molar-refractivity contribution in [1.29, 1.82) is 0 Å². The molecule has 2 aliphatic carbocycles. The Morgan fingerprint density at radius 2 is 1.95 bits per heavy atom. The van der Waals surface area contributed by atoms with Crippen LogP contribution in [0.3, 0.4) is 0 Å². The predicted octanol–water partition coefficient (Wildman–Crippen LogP) is 4.82. The molecule has 20 heavy (non-hydrogen) atoms. The van der Waals surface area contributed by atoms with Crippen molar-refractivity contribution in [2.75, 3.05) is 0 Å². The summed E-state index contributed by atoms with van der Waals surface area (Å²) in [6, 6.07) is 9.92. The van der Waals surface area contributed by atoms with E-state index in [1.165, 1.54) is 12.0 Å². The van der Waals surface area contributed by atoms with E-state index in [1.807, 2.05) is 50.3 Å². The molecule has 1 aromatic rings. The van der Waals surface area contributed by atoms with Crippen molar-refractivity contribution in [3.05, 3.63) is 65.8 Å². The molecular weight excluding hydrogens is 244 g/mol. The third kappa shape index (κ3) is 4.06. The molecule has 1 saturated carbocycles. The van der Waals surface area contributed by atoms with E-state index in [2.05, 4.69) is 18.2 Å². The van der Waals surface area contributed by atoms with E-state index in [0.717, 1.165) is 17.4 Å². The molecule has 0 aromatic heterocycles. The second kappa shape index (κ2) is 7.04. The van der Waals surface area contributed by atoms with Gasteiger partial charge in [0.05, 0.1) is 0 Å². The van der Waals surface area contributed by atoms with E-state index in [-0.39, 0.29) is 5.78 Å².